The Morgan fingerprint density at radius 3 is 1.38 bits per heavy atom. The second-order valence-electron chi connectivity index (χ2n) is 5.60. The van der Waals surface area contributed by atoms with Crippen molar-refractivity contribution in [3.05, 3.63) is 0 Å². The molecular formula is C15H32O4S2. The molecule has 0 aromatic heterocycles. The van der Waals surface area contributed by atoms with Gasteiger partial charge in [0.25, 0.3) is 0 Å². The van der Waals surface area contributed by atoms with Gasteiger partial charge in [0, 0.05) is 11.5 Å². The summed E-state index contributed by atoms with van der Waals surface area (Å²) in [5, 5.41) is 0. The lowest BCUT2D eigenvalue weighted by Gasteiger charge is -2.16. The van der Waals surface area contributed by atoms with Gasteiger partial charge in [-0.3, -0.25) is 0 Å². The van der Waals surface area contributed by atoms with Crippen molar-refractivity contribution in [3.8, 4) is 0 Å². The molecule has 0 saturated carbocycles. The van der Waals surface area contributed by atoms with Crippen LogP contribution in [0.2, 0.25) is 0 Å². The minimum atomic E-state index is -3.52. The fraction of sp³-hybridized carbons (Fsp3) is 1.00. The minimum Gasteiger partial charge on any atom is -0.228 e. The minimum absolute atomic E-state index is 0.103. The van der Waals surface area contributed by atoms with E-state index in [0.29, 0.717) is 6.42 Å². The Bertz CT molecular complexity index is 418. The normalized spacial score (nSPS) is 13.0. The largest absolute Gasteiger partial charge is 0.228 e. The van der Waals surface area contributed by atoms with Crippen molar-refractivity contribution in [3.63, 3.8) is 0 Å². The summed E-state index contributed by atoms with van der Waals surface area (Å²) in [6.07, 6.45) is 9.04. The molecule has 21 heavy (non-hydrogen) atoms. The van der Waals surface area contributed by atoms with Crippen LogP contribution in [0.25, 0.3) is 0 Å². The fourth-order valence-electron chi connectivity index (χ4n) is 2.40. The van der Waals surface area contributed by atoms with Gasteiger partial charge in [-0.15, -0.1) is 0 Å². The average Bonchev–Trinajstić information content (AvgIpc) is 2.45. The lowest BCUT2D eigenvalue weighted by Crippen LogP contribution is -2.33. The molecule has 0 saturated heterocycles. The highest BCUT2D eigenvalue weighted by molar-refractivity contribution is 8.09. The van der Waals surface area contributed by atoms with Gasteiger partial charge in [0.15, 0.2) is 24.3 Å². The first-order chi connectivity index (χ1) is 9.81. The molecule has 0 aliphatic carbocycles. The highest BCUT2D eigenvalue weighted by atomic mass is 32.3. The summed E-state index contributed by atoms with van der Waals surface area (Å²) in [6, 6.07) is 0. The Kier molecular flexibility index (Phi) is 10.5. The molecule has 0 aromatic rings. The van der Waals surface area contributed by atoms with Crippen LogP contribution in [0.5, 0.6) is 0 Å². The molecule has 0 radical (unpaired) electrons. The summed E-state index contributed by atoms with van der Waals surface area (Å²) in [6.45, 7) is 5.21. The summed E-state index contributed by atoms with van der Waals surface area (Å²) in [5.74, 6) is -0.207. The lowest BCUT2D eigenvalue weighted by molar-refractivity contribution is 0.547. The first-order valence-corrected chi connectivity index (χ1v) is 11.7. The van der Waals surface area contributed by atoms with E-state index in [4.69, 9.17) is 0 Å². The molecule has 0 fully saturated rings. The molecule has 128 valence electrons. The zero-order chi connectivity index (χ0) is 16.4. The third-order valence-corrected chi connectivity index (χ3v) is 9.34. The van der Waals surface area contributed by atoms with Gasteiger partial charge in [0.2, 0.25) is 0 Å². The SMILES string of the molecule is CCCCCCCCCCC(S(=O)(=O)CC)S(=O)(=O)CC. The zero-order valence-corrected chi connectivity index (χ0v) is 15.4. The Hall–Kier alpha value is -0.100. The van der Waals surface area contributed by atoms with Crippen molar-refractivity contribution in [2.24, 2.45) is 0 Å². The zero-order valence-electron chi connectivity index (χ0n) is 13.8. The Morgan fingerprint density at radius 1 is 0.619 bits per heavy atom. The number of rotatable bonds is 13. The standard InChI is InChI=1S/C15H32O4S2/c1-4-7-8-9-10-11-12-13-14-15(20(16,17)5-2)21(18,19)6-3/h15H,4-14H2,1-3H3. The molecule has 0 amide bonds. The lowest BCUT2D eigenvalue weighted by atomic mass is 10.1. The maximum Gasteiger partial charge on any atom is 0.167 e. The second-order valence-corrected chi connectivity index (χ2v) is 10.8. The van der Waals surface area contributed by atoms with Gasteiger partial charge in [-0.1, -0.05) is 72.1 Å². The summed E-state index contributed by atoms with van der Waals surface area (Å²) >= 11 is 0. The number of hydrogen-bond donors (Lipinski definition) is 0. The maximum atomic E-state index is 12.0. The molecule has 6 heteroatoms. The first-order valence-electron chi connectivity index (χ1n) is 8.24. The molecule has 0 rings (SSSR count). The monoisotopic (exact) mass is 340 g/mol. The number of unbranched alkanes of at least 4 members (excludes halogenated alkanes) is 7. The van der Waals surface area contributed by atoms with E-state index < -0.39 is 24.3 Å². The van der Waals surface area contributed by atoms with E-state index in [2.05, 4.69) is 6.92 Å². The van der Waals surface area contributed by atoms with Crippen LogP contribution >= 0.6 is 0 Å². The molecule has 0 N–H and O–H groups in total. The highest BCUT2D eigenvalue weighted by Crippen LogP contribution is 2.20. The van der Waals surface area contributed by atoms with Gasteiger partial charge in [0.05, 0.1) is 0 Å². The molecule has 0 aromatic carbocycles. The van der Waals surface area contributed by atoms with Crippen molar-refractivity contribution < 1.29 is 16.8 Å². The van der Waals surface area contributed by atoms with Crippen molar-refractivity contribution in [1.29, 1.82) is 0 Å². The van der Waals surface area contributed by atoms with Crippen LogP contribution in [0.3, 0.4) is 0 Å². The van der Waals surface area contributed by atoms with Crippen LogP contribution in [0.1, 0.15) is 78.6 Å². The van der Waals surface area contributed by atoms with Gasteiger partial charge < -0.3 is 0 Å². The Balaban J connectivity index is 4.23. The third-order valence-electron chi connectivity index (χ3n) is 3.90. The van der Waals surface area contributed by atoms with Crippen molar-refractivity contribution in [1.82, 2.24) is 0 Å². The molecular weight excluding hydrogens is 308 g/mol. The first kappa shape index (κ1) is 20.9. The molecule has 0 aliphatic rings. The van der Waals surface area contributed by atoms with E-state index >= 15 is 0 Å². The Labute approximate surface area is 131 Å². The smallest absolute Gasteiger partial charge is 0.167 e. The van der Waals surface area contributed by atoms with Crippen LogP contribution in [-0.4, -0.2) is 32.9 Å². The topological polar surface area (TPSA) is 68.3 Å². The molecule has 0 spiro atoms. The highest BCUT2D eigenvalue weighted by Gasteiger charge is 2.34. The van der Waals surface area contributed by atoms with E-state index in [1.165, 1.54) is 39.5 Å². The number of hydrogen-bond acceptors (Lipinski definition) is 4. The van der Waals surface area contributed by atoms with Crippen LogP contribution in [0.4, 0.5) is 0 Å². The quantitative estimate of drug-likeness (QED) is 0.479. The van der Waals surface area contributed by atoms with E-state index in [1.807, 2.05) is 0 Å². The average molecular weight is 341 g/mol. The summed E-state index contributed by atoms with van der Waals surface area (Å²) < 4.78 is 46.7. The van der Waals surface area contributed by atoms with Gasteiger partial charge >= 0.3 is 0 Å². The molecule has 0 heterocycles. The van der Waals surface area contributed by atoms with E-state index in [0.717, 1.165) is 19.3 Å². The predicted molar refractivity (Wildman–Crippen MR) is 89.9 cm³/mol. The third kappa shape index (κ3) is 8.19. The molecule has 0 bridgehead atoms. The summed E-state index contributed by atoms with van der Waals surface area (Å²) in [5.41, 5.74) is 0. The van der Waals surface area contributed by atoms with Gasteiger partial charge in [-0.2, -0.15) is 0 Å². The molecule has 0 aliphatic heterocycles. The van der Waals surface area contributed by atoms with Gasteiger partial charge in [0.1, 0.15) is 0 Å². The van der Waals surface area contributed by atoms with Gasteiger partial charge in [-0.05, 0) is 6.42 Å². The van der Waals surface area contributed by atoms with Crippen LogP contribution < -0.4 is 0 Å². The van der Waals surface area contributed by atoms with Crippen LogP contribution in [0.15, 0.2) is 0 Å². The van der Waals surface area contributed by atoms with Gasteiger partial charge in [-0.25, -0.2) is 16.8 Å². The van der Waals surface area contributed by atoms with Crippen LogP contribution in [-0.2, 0) is 19.7 Å². The predicted octanol–water partition coefficient (Wildman–Crippen LogP) is 3.71. The molecule has 0 atom stereocenters. The molecule has 0 unspecified atom stereocenters. The van der Waals surface area contributed by atoms with E-state index in [-0.39, 0.29) is 17.9 Å². The number of sulfone groups is 2. The van der Waals surface area contributed by atoms with Crippen molar-refractivity contribution >= 4 is 19.7 Å². The van der Waals surface area contributed by atoms with Crippen molar-refractivity contribution in [2.75, 3.05) is 11.5 Å². The van der Waals surface area contributed by atoms with Crippen LogP contribution in [0, 0.1) is 0 Å². The molecule has 4 nitrogen and oxygen atoms in total. The summed E-state index contributed by atoms with van der Waals surface area (Å²) in [4.78, 5) is 0. The van der Waals surface area contributed by atoms with E-state index in [1.54, 1.807) is 0 Å². The Morgan fingerprint density at radius 2 is 1.00 bits per heavy atom. The van der Waals surface area contributed by atoms with Crippen molar-refractivity contribution in [2.45, 2.75) is 83.1 Å². The fourth-order valence-corrected chi connectivity index (χ4v) is 6.80. The maximum absolute atomic E-state index is 12.0. The van der Waals surface area contributed by atoms with E-state index in [9.17, 15) is 16.8 Å². The second kappa shape index (κ2) is 10.6. The summed E-state index contributed by atoms with van der Waals surface area (Å²) in [7, 11) is -7.05.